The van der Waals surface area contributed by atoms with Gasteiger partial charge in [0.05, 0.1) is 17.3 Å². The number of hydrogen-bond acceptors (Lipinski definition) is 5. The Labute approximate surface area is 124 Å². The van der Waals surface area contributed by atoms with Crippen LogP contribution in [0.25, 0.3) is 0 Å². The summed E-state index contributed by atoms with van der Waals surface area (Å²) in [4.78, 5) is 2.15. The number of aromatic nitrogens is 1. The normalized spacial score (nSPS) is 10.6. The van der Waals surface area contributed by atoms with E-state index in [1.54, 1.807) is 12.1 Å². The molecule has 0 bridgehead atoms. The standard InChI is InChI=1S/C16H19N3O2/c1-12-16(13(2)21-18-12)11-19(3)7-8-20-15-6-4-5-14(9-15)10-17/h4-6,9H,7-8,11H2,1-3H3. The molecule has 0 aliphatic rings. The monoisotopic (exact) mass is 285 g/mol. The van der Waals surface area contributed by atoms with Crippen molar-refractivity contribution >= 4 is 0 Å². The van der Waals surface area contributed by atoms with Crippen LogP contribution in [0, 0.1) is 25.2 Å². The van der Waals surface area contributed by atoms with E-state index in [1.165, 1.54) is 0 Å². The zero-order valence-electron chi connectivity index (χ0n) is 12.6. The number of likely N-dealkylation sites (N-methyl/N-ethyl adjacent to an activating group) is 1. The Morgan fingerprint density at radius 2 is 2.19 bits per heavy atom. The van der Waals surface area contributed by atoms with Crippen molar-refractivity contribution in [2.45, 2.75) is 20.4 Å². The van der Waals surface area contributed by atoms with Crippen LogP contribution < -0.4 is 4.74 Å². The number of nitriles is 1. The molecule has 0 spiro atoms. The van der Waals surface area contributed by atoms with Crippen molar-refractivity contribution in [2.24, 2.45) is 0 Å². The van der Waals surface area contributed by atoms with E-state index in [-0.39, 0.29) is 0 Å². The minimum absolute atomic E-state index is 0.564. The molecule has 0 N–H and O–H groups in total. The van der Waals surface area contributed by atoms with Crippen molar-refractivity contribution in [1.29, 1.82) is 5.26 Å². The van der Waals surface area contributed by atoms with Gasteiger partial charge in [-0.15, -0.1) is 0 Å². The number of hydrogen-bond donors (Lipinski definition) is 0. The predicted octanol–water partition coefficient (Wildman–Crippen LogP) is 2.67. The fraction of sp³-hybridized carbons (Fsp3) is 0.375. The Morgan fingerprint density at radius 3 is 2.86 bits per heavy atom. The van der Waals surface area contributed by atoms with Gasteiger partial charge in [-0.05, 0) is 39.1 Å². The number of rotatable bonds is 6. The molecule has 110 valence electrons. The average Bonchev–Trinajstić information content (AvgIpc) is 2.79. The van der Waals surface area contributed by atoms with Gasteiger partial charge in [0.15, 0.2) is 0 Å². The van der Waals surface area contributed by atoms with E-state index in [4.69, 9.17) is 14.5 Å². The summed E-state index contributed by atoms with van der Waals surface area (Å²) in [6.07, 6.45) is 0. The van der Waals surface area contributed by atoms with E-state index in [2.05, 4.69) is 16.1 Å². The Kier molecular flexibility index (Phi) is 4.96. The zero-order chi connectivity index (χ0) is 15.2. The molecule has 0 amide bonds. The summed E-state index contributed by atoms with van der Waals surface area (Å²) in [7, 11) is 2.03. The Bertz CT molecular complexity index is 624. The van der Waals surface area contributed by atoms with Gasteiger partial charge >= 0.3 is 0 Å². The molecule has 0 saturated carbocycles. The minimum atomic E-state index is 0.564. The molecule has 0 unspecified atom stereocenters. The highest BCUT2D eigenvalue weighted by molar-refractivity contribution is 5.36. The molecular weight excluding hydrogens is 266 g/mol. The van der Waals surface area contributed by atoms with Crippen molar-refractivity contribution in [1.82, 2.24) is 10.1 Å². The van der Waals surface area contributed by atoms with E-state index in [0.29, 0.717) is 12.2 Å². The van der Waals surface area contributed by atoms with Gasteiger partial charge < -0.3 is 9.26 Å². The smallest absolute Gasteiger partial charge is 0.138 e. The van der Waals surface area contributed by atoms with Crippen LogP contribution in [0.15, 0.2) is 28.8 Å². The predicted molar refractivity (Wildman–Crippen MR) is 79.0 cm³/mol. The van der Waals surface area contributed by atoms with Crippen molar-refractivity contribution < 1.29 is 9.26 Å². The molecular formula is C16H19N3O2. The van der Waals surface area contributed by atoms with Gasteiger partial charge in [0.2, 0.25) is 0 Å². The van der Waals surface area contributed by atoms with E-state index in [9.17, 15) is 0 Å². The van der Waals surface area contributed by atoms with E-state index < -0.39 is 0 Å². The summed E-state index contributed by atoms with van der Waals surface area (Å²) in [5.74, 6) is 1.58. The van der Waals surface area contributed by atoms with Crippen molar-refractivity contribution in [3.63, 3.8) is 0 Å². The van der Waals surface area contributed by atoms with Crippen molar-refractivity contribution in [3.8, 4) is 11.8 Å². The molecule has 5 heteroatoms. The van der Waals surface area contributed by atoms with Crippen LogP contribution in [0.2, 0.25) is 0 Å². The molecule has 0 saturated heterocycles. The second-order valence-electron chi connectivity index (χ2n) is 5.03. The lowest BCUT2D eigenvalue weighted by Gasteiger charge is -2.16. The fourth-order valence-corrected chi connectivity index (χ4v) is 2.05. The highest BCUT2D eigenvalue weighted by atomic mass is 16.5. The van der Waals surface area contributed by atoms with E-state index in [0.717, 1.165) is 35.9 Å². The lowest BCUT2D eigenvalue weighted by Crippen LogP contribution is -2.24. The number of ether oxygens (including phenoxy) is 1. The van der Waals surface area contributed by atoms with Gasteiger partial charge in [-0.25, -0.2) is 0 Å². The molecule has 1 aromatic heterocycles. The summed E-state index contributed by atoms with van der Waals surface area (Å²) >= 11 is 0. The topological polar surface area (TPSA) is 62.3 Å². The van der Waals surface area contributed by atoms with Gasteiger partial charge in [0, 0.05) is 18.7 Å². The molecule has 0 radical (unpaired) electrons. The summed E-state index contributed by atoms with van der Waals surface area (Å²) in [5, 5.41) is 12.8. The van der Waals surface area contributed by atoms with Crippen LogP contribution in [0.1, 0.15) is 22.6 Å². The molecule has 1 aromatic carbocycles. The van der Waals surface area contributed by atoms with Gasteiger partial charge in [-0.3, -0.25) is 4.90 Å². The number of benzene rings is 1. The molecule has 0 fully saturated rings. The van der Waals surface area contributed by atoms with E-state index in [1.807, 2.05) is 33.0 Å². The Hall–Kier alpha value is -2.32. The summed E-state index contributed by atoms with van der Waals surface area (Å²) in [6, 6.07) is 9.28. The van der Waals surface area contributed by atoms with Crippen molar-refractivity contribution in [3.05, 3.63) is 46.8 Å². The third-order valence-electron chi connectivity index (χ3n) is 3.31. The van der Waals surface area contributed by atoms with Crippen LogP contribution in [-0.2, 0) is 6.54 Å². The molecule has 2 aromatic rings. The van der Waals surface area contributed by atoms with Gasteiger partial charge in [0.25, 0.3) is 0 Å². The minimum Gasteiger partial charge on any atom is -0.492 e. The van der Waals surface area contributed by atoms with Gasteiger partial charge in [-0.1, -0.05) is 11.2 Å². The number of nitrogens with zero attached hydrogens (tertiary/aromatic N) is 3. The summed E-state index contributed by atoms with van der Waals surface area (Å²) in [5.41, 5.74) is 2.67. The molecule has 0 aliphatic carbocycles. The second-order valence-corrected chi connectivity index (χ2v) is 5.03. The second kappa shape index (κ2) is 6.91. The zero-order valence-corrected chi connectivity index (χ0v) is 12.6. The molecule has 1 heterocycles. The van der Waals surface area contributed by atoms with Crippen molar-refractivity contribution in [2.75, 3.05) is 20.2 Å². The number of aryl methyl sites for hydroxylation is 2. The first kappa shape index (κ1) is 15.1. The Morgan fingerprint density at radius 1 is 1.38 bits per heavy atom. The highest BCUT2D eigenvalue weighted by Gasteiger charge is 2.11. The van der Waals surface area contributed by atoms with Gasteiger partial charge in [-0.2, -0.15) is 5.26 Å². The van der Waals surface area contributed by atoms with Crippen LogP contribution in [-0.4, -0.2) is 30.3 Å². The molecule has 0 aliphatic heterocycles. The maximum Gasteiger partial charge on any atom is 0.138 e. The van der Waals surface area contributed by atoms with E-state index >= 15 is 0 Å². The molecule has 0 atom stereocenters. The van der Waals surface area contributed by atoms with Crippen LogP contribution in [0.3, 0.4) is 0 Å². The van der Waals surface area contributed by atoms with Crippen LogP contribution in [0.4, 0.5) is 0 Å². The molecule has 5 nitrogen and oxygen atoms in total. The summed E-state index contributed by atoms with van der Waals surface area (Å²) in [6.45, 7) is 6.00. The third kappa shape index (κ3) is 4.07. The fourth-order valence-electron chi connectivity index (χ4n) is 2.05. The van der Waals surface area contributed by atoms with Crippen LogP contribution >= 0.6 is 0 Å². The SMILES string of the molecule is Cc1noc(C)c1CN(C)CCOc1cccc(C#N)c1. The first-order chi connectivity index (χ1) is 10.1. The van der Waals surface area contributed by atoms with Gasteiger partial charge in [0.1, 0.15) is 18.1 Å². The maximum atomic E-state index is 8.84. The quantitative estimate of drug-likeness (QED) is 0.816. The lowest BCUT2D eigenvalue weighted by molar-refractivity contribution is 0.232. The molecule has 21 heavy (non-hydrogen) atoms. The summed E-state index contributed by atoms with van der Waals surface area (Å²) < 4.78 is 10.8. The highest BCUT2D eigenvalue weighted by Crippen LogP contribution is 2.15. The maximum absolute atomic E-state index is 8.84. The van der Waals surface area contributed by atoms with Crippen LogP contribution in [0.5, 0.6) is 5.75 Å². The first-order valence-corrected chi connectivity index (χ1v) is 6.83. The molecule has 2 rings (SSSR count). The lowest BCUT2D eigenvalue weighted by atomic mass is 10.2. The Balaban J connectivity index is 1.82. The average molecular weight is 285 g/mol. The first-order valence-electron chi connectivity index (χ1n) is 6.83. The largest absolute Gasteiger partial charge is 0.492 e. The third-order valence-corrected chi connectivity index (χ3v) is 3.31.